The number of rotatable bonds is 5. The Labute approximate surface area is 109 Å². The Morgan fingerprint density at radius 3 is 2.39 bits per heavy atom. The summed E-state index contributed by atoms with van der Waals surface area (Å²) in [5, 5.41) is 3.36. The zero-order valence-electron chi connectivity index (χ0n) is 11.3. The number of hydrogen-bond donors (Lipinski definition) is 1. The molecule has 18 heavy (non-hydrogen) atoms. The Balaban J connectivity index is 2.23. The Bertz CT molecular complexity index is 475. The summed E-state index contributed by atoms with van der Waals surface area (Å²) in [6.07, 6.45) is 0.941. The number of aryl methyl sites for hydroxylation is 1. The minimum atomic E-state index is 0.215. The first-order valence-corrected chi connectivity index (χ1v) is 6.57. The van der Waals surface area contributed by atoms with Gasteiger partial charge in [0.05, 0.1) is 6.04 Å². The summed E-state index contributed by atoms with van der Waals surface area (Å²) in [6.45, 7) is 4.34. The van der Waals surface area contributed by atoms with Crippen molar-refractivity contribution < 1.29 is 4.42 Å². The molecule has 1 N–H and O–H groups in total. The van der Waals surface area contributed by atoms with E-state index in [1.807, 2.05) is 13.1 Å². The standard InChI is InChI=1S/C16H21NO/c1-4-14-10-11-15(18-14)16(17-3)12(2)13-8-6-5-7-9-13/h5-12,16-17H,4H2,1-3H3. The molecule has 0 aliphatic heterocycles. The van der Waals surface area contributed by atoms with E-state index < -0.39 is 0 Å². The molecule has 0 bridgehead atoms. The fourth-order valence-corrected chi connectivity index (χ4v) is 2.34. The van der Waals surface area contributed by atoms with Crippen LogP contribution in [0.3, 0.4) is 0 Å². The first-order chi connectivity index (χ1) is 8.76. The largest absolute Gasteiger partial charge is 0.464 e. The fourth-order valence-electron chi connectivity index (χ4n) is 2.34. The number of benzene rings is 1. The Morgan fingerprint density at radius 2 is 1.83 bits per heavy atom. The van der Waals surface area contributed by atoms with Crippen LogP contribution in [0.15, 0.2) is 46.9 Å². The lowest BCUT2D eigenvalue weighted by atomic mass is 9.92. The van der Waals surface area contributed by atoms with E-state index in [9.17, 15) is 0 Å². The van der Waals surface area contributed by atoms with Gasteiger partial charge in [0, 0.05) is 12.3 Å². The van der Waals surface area contributed by atoms with Crippen LogP contribution in [0.25, 0.3) is 0 Å². The Hall–Kier alpha value is -1.54. The van der Waals surface area contributed by atoms with Crippen molar-refractivity contribution in [3.8, 4) is 0 Å². The summed E-state index contributed by atoms with van der Waals surface area (Å²) in [7, 11) is 1.98. The number of hydrogen-bond acceptors (Lipinski definition) is 2. The Kier molecular flexibility index (Phi) is 4.21. The van der Waals surface area contributed by atoms with Crippen molar-refractivity contribution in [3.05, 3.63) is 59.5 Å². The maximum absolute atomic E-state index is 5.87. The van der Waals surface area contributed by atoms with Crippen LogP contribution in [0.2, 0.25) is 0 Å². The molecule has 0 spiro atoms. The molecule has 2 nitrogen and oxygen atoms in total. The molecular formula is C16H21NO. The quantitative estimate of drug-likeness (QED) is 0.861. The summed E-state index contributed by atoms with van der Waals surface area (Å²) in [5.74, 6) is 2.45. The second-order valence-electron chi connectivity index (χ2n) is 4.62. The van der Waals surface area contributed by atoms with Crippen LogP contribution in [0, 0.1) is 0 Å². The molecule has 2 atom stereocenters. The molecule has 1 aromatic carbocycles. The molecule has 0 aliphatic carbocycles. The SMILES string of the molecule is CCc1ccc(C(NC)C(C)c2ccccc2)o1. The third-order valence-corrected chi connectivity index (χ3v) is 3.47. The van der Waals surface area contributed by atoms with Crippen molar-refractivity contribution in [2.45, 2.75) is 32.2 Å². The highest BCUT2D eigenvalue weighted by molar-refractivity contribution is 5.24. The van der Waals surface area contributed by atoms with Crippen molar-refractivity contribution in [1.82, 2.24) is 5.32 Å². The van der Waals surface area contributed by atoms with Crippen molar-refractivity contribution >= 4 is 0 Å². The van der Waals surface area contributed by atoms with Crippen LogP contribution in [0.1, 0.15) is 42.9 Å². The lowest BCUT2D eigenvalue weighted by Crippen LogP contribution is -2.21. The average molecular weight is 243 g/mol. The van der Waals surface area contributed by atoms with Crippen molar-refractivity contribution in [2.24, 2.45) is 0 Å². The smallest absolute Gasteiger partial charge is 0.121 e. The summed E-state index contributed by atoms with van der Waals surface area (Å²) in [4.78, 5) is 0. The van der Waals surface area contributed by atoms with E-state index in [0.717, 1.165) is 17.9 Å². The van der Waals surface area contributed by atoms with Gasteiger partial charge in [-0.2, -0.15) is 0 Å². The first-order valence-electron chi connectivity index (χ1n) is 6.57. The molecule has 96 valence electrons. The second kappa shape index (κ2) is 5.87. The molecular weight excluding hydrogens is 222 g/mol. The normalized spacial score (nSPS) is 14.4. The van der Waals surface area contributed by atoms with Gasteiger partial charge in [-0.3, -0.25) is 0 Å². The number of likely N-dealkylation sites (N-methyl/N-ethyl adjacent to an activating group) is 1. The van der Waals surface area contributed by atoms with Gasteiger partial charge in [-0.15, -0.1) is 0 Å². The molecule has 2 rings (SSSR count). The van der Waals surface area contributed by atoms with Crippen LogP contribution >= 0.6 is 0 Å². The average Bonchev–Trinajstić information content (AvgIpc) is 2.89. The molecule has 2 aromatic rings. The van der Waals surface area contributed by atoms with Gasteiger partial charge in [0.15, 0.2) is 0 Å². The van der Waals surface area contributed by atoms with E-state index in [2.05, 4.69) is 55.6 Å². The van der Waals surface area contributed by atoms with Gasteiger partial charge in [-0.25, -0.2) is 0 Å². The first kappa shape index (κ1) is 12.9. The Morgan fingerprint density at radius 1 is 1.11 bits per heavy atom. The highest BCUT2D eigenvalue weighted by atomic mass is 16.3. The van der Waals surface area contributed by atoms with Gasteiger partial charge in [0.25, 0.3) is 0 Å². The third-order valence-electron chi connectivity index (χ3n) is 3.47. The van der Waals surface area contributed by atoms with Crippen molar-refractivity contribution in [3.63, 3.8) is 0 Å². The molecule has 1 aromatic heterocycles. The summed E-state index contributed by atoms with van der Waals surface area (Å²) in [6, 6.07) is 14.9. The predicted octanol–water partition coefficient (Wildman–Crippen LogP) is 3.91. The fraction of sp³-hybridized carbons (Fsp3) is 0.375. The summed E-state index contributed by atoms with van der Waals surface area (Å²) in [5.41, 5.74) is 1.33. The number of furan rings is 1. The maximum Gasteiger partial charge on any atom is 0.121 e. The van der Waals surface area contributed by atoms with Gasteiger partial charge in [-0.05, 0) is 24.7 Å². The minimum Gasteiger partial charge on any atom is -0.464 e. The van der Waals surface area contributed by atoms with E-state index in [0.29, 0.717) is 5.92 Å². The predicted molar refractivity (Wildman–Crippen MR) is 74.7 cm³/mol. The molecule has 0 radical (unpaired) electrons. The van der Waals surface area contributed by atoms with Crippen LogP contribution in [-0.2, 0) is 6.42 Å². The van der Waals surface area contributed by atoms with E-state index in [-0.39, 0.29) is 6.04 Å². The summed E-state index contributed by atoms with van der Waals surface area (Å²) < 4.78 is 5.87. The monoisotopic (exact) mass is 243 g/mol. The zero-order chi connectivity index (χ0) is 13.0. The van der Waals surface area contributed by atoms with E-state index >= 15 is 0 Å². The molecule has 0 saturated heterocycles. The van der Waals surface area contributed by atoms with Gasteiger partial charge >= 0.3 is 0 Å². The molecule has 2 heteroatoms. The lowest BCUT2D eigenvalue weighted by molar-refractivity contribution is 0.379. The summed E-state index contributed by atoms with van der Waals surface area (Å²) >= 11 is 0. The molecule has 2 unspecified atom stereocenters. The van der Waals surface area contributed by atoms with Crippen molar-refractivity contribution in [1.29, 1.82) is 0 Å². The van der Waals surface area contributed by atoms with Crippen LogP contribution in [-0.4, -0.2) is 7.05 Å². The van der Waals surface area contributed by atoms with Crippen LogP contribution in [0.5, 0.6) is 0 Å². The molecule has 0 fully saturated rings. The number of nitrogens with one attached hydrogen (secondary N) is 1. The van der Waals surface area contributed by atoms with Crippen LogP contribution < -0.4 is 5.32 Å². The highest BCUT2D eigenvalue weighted by Crippen LogP contribution is 2.31. The molecule has 0 saturated carbocycles. The molecule has 1 heterocycles. The zero-order valence-corrected chi connectivity index (χ0v) is 11.3. The minimum absolute atomic E-state index is 0.215. The molecule has 0 amide bonds. The van der Waals surface area contributed by atoms with E-state index in [1.54, 1.807) is 0 Å². The van der Waals surface area contributed by atoms with Crippen LogP contribution in [0.4, 0.5) is 0 Å². The van der Waals surface area contributed by atoms with E-state index in [4.69, 9.17) is 4.42 Å². The van der Waals surface area contributed by atoms with Gasteiger partial charge in [0.2, 0.25) is 0 Å². The highest BCUT2D eigenvalue weighted by Gasteiger charge is 2.21. The topological polar surface area (TPSA) is 25.2 Å². The molecule has 0 aliphatic rings. The maximum atomic E-state index is 5.87. The van der Waals surface area contributed by atoms with E-state index in [1.165, 1.54) is 5.56 Å². The van der Waals surface area contributed by atoms with Gasteiger partial charge in [-0.1, -0.05) is 44.2 Å². The van der Waals surface area contributed by atoms with Gasteiger partial charge in [0.1, 0.15) is 11.5 Å². The third kappa shape index (κ3) is 2.65. The van der Waals surface area contributed by atoms with Crippen molar-refractivity contribution in [2.75, 3.05) is 7.05 Å². The lowest BCUT2D eigenvalue weighted by Gasteiger charge is -2.22. The van der Waals surface area contributed by atoms with Gasteiger partial charge < -0.3 is 9.73 Å². The second-order valence-corrected chi connectivity index (χ2v) is 4.62.